The van der Waals surface area contributed by atoms with E-state index in [1.165, 1.54) is 0 Å². The molecule has 1 fully saturated rings. The van der Waals surface area contributed by atoms with E-state index in [1.54, 1.807) is 16.8 Å². The Bertz CT molecular complexity index is 230. The highest BCUT2D eigenvalue weighted by molar-refractivity contribution is 7.13. The minimum Gasteiger partial charge on any atom is -0.346 e. The van der Waals surface area contributed by atoms with Crippen LogP contribution >= 0.6 is 11.3 Å². The van der Waals surface area contributed by atoms with E-state index >= 15 is 0 Å². The summed E-state index contributed by atoms with van der Waals surface area (Å²) in [6.07, 6.45) is 1.13. The number of nitrogens with zero attached hydrogens (tertiary/aromatic N) is 3. The average Bonchev–Trinajstić information content (AvgIpc) is 2.47. The van der Waals surface area contributed by atoms with Crippen molar-refractivity contribution in [3.63, 3.8) is 0 Å². The van der Waals surface area contributed by atoms with E-state index in [-0.39, 0.29) is 0 Å². The molecule has 1 saturated heterocycles. The Morgan fingerprint density at radius 1 is 1.67 bits per heavy atom. The molecular weight excluding hydrogens is 172 g/mol. The third kappa shape index (κ3) is 1.42. The minimum atomic E-state index is 0.777. The highest BCUT2D eigenvalue weighted by Gasteiger charge is 2.27. The van der Waals surface area contributed by atoms with Crippen LogP contribution < -0.4 is 10.6 Å². The van der Waals surface area contributed by atoms with Gasteiger partial charge in [0.2, 0.25) is 5.13 Å². The molecule has 0 saturated carbocycles. The van der Waals surface area contributed by atoms with Crippen LogP contribution in [-0.4, -0.2) is 29.8 Å². The van der Waals surface area contributed by atoms with Gasteiger partial charge >= 0.3 is 0 Å². The van der Waals surface area contributed by atoms with E-state index in [1.807, 2.05) is 0 Å². The van der Waals surface area contributed by atoms with Gasteiger partial charge in [-0.15, -0.1) is 10.2 Å². The molecule has 4 nitrogen and oxygen atoms in total. The summed E-state index contributed by atoms with van der Waals surface area (Å²) >= 11 is 1.60. The summed E-state index contributed by atoms with van der Waals surface area (Å²) in [5.41, 5.74) is 7.23. The van der Waals surface area contributed by atoms with Crippen molar-refractivity contribution in [3.05, 3.63) is 5.51 Å². The lowest BCUT2D eigenvalue weighted by atomic mass is 9.97. The Labute approximate surface area is 75.4 Å². The van der Waals surface area contributed by atoms with E-state index in [0.717, 1.165) is 37.1 Å². The predicted molar refractivity (Wildman–Crippen MR) is 49.3 cm³/mol. The van der Waals surface area contributed by atoms with Crippen molar-refractivity contribution in [1.29, 1.82) is 0 Å². The first-order valence-electron chi connectivity index (χ1n) is 4.11. The Morgan fingerprint density at radius 3 is 3.08 bits per heavy atom. The third-order valence-corrected chi connectivity index (χ3v) is 2.90. The highest BCUT2D eigenvalue weighted by Crippen LogP contribution is 2.26. The van der Waals surface area contributed by atoms with Gasteiger partial charge in [-0.25, -0.2) is 0 Å². The largest absolute Gasteiger partial charge is 0.346 e. The molecule has 0 unspecified atom stereocenters. The maximum atomic E-state index is 5.46. The van der Waals surface area contributed by atoms with Crippen molar-refractivity contribution < 1.29 is 0 Å². The van der Waals surface area contributed by atoms with E-state index in [2.05, 4.69) is 15.1 Å². The van der Waals surface area contributed by atoms with Gasteiger partial charge in [-0.3, -0.25) is 0 Å². The Balaban J connectivity index is 1.82. The Kier molecular flexibility index (Phi) is 2.23. The summed E-state index contributed by atoms with van der Waals surface area (Å²) in [4.78, 5) is 2.25. The molecule has 2 N–H and O–H groups in total. The molecule has 0 bridgehead atoms. The molecule has 0 aliphatic carbocycles. The molecule has 0 amide bonds. The zero-order valence-corrected chi connectivity index (χ0v) is 7.63. The first-order valence-corrected chi connectivity index (χ1v) is 4.99. The molecule has 2 heterocycles. The first-order chi connectivity index (χ1) is 5.90. The maximum Gasteiger partial charge on any atom is 0.208 e. The van der Waals surface area contributed by atoms with Gasteiger partial charge in [0.15, 0.2) is 0 Å². The lowest BCUT2D eigenvalue weighted by Crippen LogP contribution is -2.47. The third-order valence-electron chi connectivity index (χ3n) is 2.15. The van der Waals surface area contributed by atoms with Crippen LogP contribution in [0.25, 0.3) is 0 Å². The molecule has 1 aliphatic heterocycles. The van der Waals surface area contributed by atoms with E-state index in [9.17, 15) is 0 Å². The van der Waals surface area contributed by atoms with Crippen LogP contribution in [0.4, 0.5) is 5.13 Å². The smallest absolute Gasteiger partial charge is 0.208 e. The molecule has 1 aromatic heterocycles. The molecule has 5 heteroatoms. The molecular formula is C7H12N4S. The van der Waals surface area contributed by atoms with Gasteiger partial charge in [0, 0.05) is 13.1 Å². The van der Waals surface area contributed by atoms with Crippen molar-refractivity contribution in [3.8, 4) is 0 Å². The zero-order chi connectivity index (χ0) is 8.39. The molecule has 0 spiro atoms. The molecule has 2 rings (SSSR count). The number of nitrogens with two attached hydrogens (primary N) is 1. The molecule has 12 heavy (non-hydrogen) atoms. The van der Waals surface area contributed by atoms with E-state index in [4.69, 9.17) is 5.73 Å². The SMILES string of the molecule is NCCC1CN(c2nncs2)C1. The van der Waals surface area contributed by atoms with E-state index < -0.39 is 0 Å². The van der Waals surface area contributed by atoms with Crippen molar-refractivity contribution in [2.75, 3.05) is 24.5 Å². The fourth-order valence-electron chi connectivity index (χ4n) is 1.45. The van der Waals surface area contributed by atoms with Crippen LogP contribution in [0.15, 0.2) is 5.51 Å². The second-order valence-electron chi connectivity index (χ2n) is 3.07. The lowest BCUT2D eigenvalue weighted by Gasteiger charge is -2.38. The fraction of sp³-hybridized carbons (Fsp3) is 0.714. The first kappa shape index (κ1) is 7.94. The van der Waals surface area contributed by atoms with Crippen LogP contribution in [0.3, 0.4) is 0 Å². The number of rotatable bonds is 3. The highest BCUT2D eigenvalue weighted by atomic mass is 32.1. The molecule has 1 aliphatic rings. The summed E-state index contributed by atoms with van der Waals surface area (Å²) in [6, 6.07) is 0. The van der Waals surface area contributed by atoms with Crippen LogP contribution in [0.2, 0.25) is 0 Å². The van der Waals surface area contributed by atoms with Gasteiger partial charge in [-0.05, 0) is 18.9 Å². The van der Waals surface area contributed by atoms with Crippen LogP contribution in [-0.2, 0) is 0 Å². The summed E-state index contributed by atoms with van der Waals surface area (Å²) in [5, 5.41) is 8.84. The van der Waals surface area contributed by atoms with E-state index in [0.29, 0.717) is 0 Å². The maximum absolute atomic E-state index is 5.46. The standard InChI is InChI=1S/C7H12N4S/c8-2-1-6-3-11(4-6)7-10-9-5-12-7/h5-6H,1-4,8H2. The van der Waals surface area contributed by atoms with Crippen LogP contribution in [0.1, 0.15) is 6.42 Å². The monoisotopic (exact) mass is 184 g/mol. The summed E-state index contributed by atoms with van der Waals surface area (Å²) < 4.78 is 0. The van der Waals surface area contributed by atoms with Gasteiger partial charge in [0.25, 0.3) is 0 Å². The van der Waals surface area contributed by atoms with Crippen molar-refractivity contribution >= 4 is 16.5 Å². The topological polar surface area (TPSA) is 55.0 Å². The minimum absolute atomic E-state index is 0.777. The second kappa shape index (κ2) is 3.37. The van der Waals surface area contributed by atoms with Crippen molar-refractivity contribution in [2.45, 2.75) is 6.42 Å². The van der Waals surface area contributed by atoms with Crippen LogP contribution in [0.5, 0.6) is 0 Å². The van der Waals surface area contributed by atoms with Gasteiger partial charge < -0.3 is 10.6 Å². The second-order valence-corrected chi connectivity index (χ2v) is 3.88. The van der Waals surface area contributed by atoms with Crippen LogP contribution in [0, 0.1) is 5.92 Å². The summed E-state index contributed by atoms with van der Waals surface area (Å²) in [6.45, 7) is 3.01. The van der Waals surface area contributed by atoms with Gasteiger partial charge in [-0.1, -0.05) is 11.3 Å². The predicted octanol–water partition coefficient (Wildman–Crippen LogP) is 0.323. The summed E-state index contributed by atoms with van der Waals surface area (Å²) in [7, 11) is 0. The molecule has 1 aromatic rings. The summed E-state index contributed by atoms with van der Waals surface area (Å²) in [5.74, 6) is 0.777. The molecule has 66 valence electrons. The molecule has 0 atom stereocenters. The van der Waals surface area contributed by atoms with Crippen molar-refractivity contribution in [2.24, 2.45) is 11.7 Å². The number of aromatic nitrogens is 2. The van der Waals surface area contributed by atoms with Gasteiger partial charge in [-0.2, -0.15) is 0 Å². The average molecular weight is 184 g/mol. The lowest BCUT2D eigenvalue weighted by molar-refractivity contribution is 0.388. The Hall–Kier alpha value is -0.680. The number of anilines is 1. The molecule has 0 aromatic carbocycles. The zero-order valence-electron chi connectivity index (χ0n) is 6.81. The van der Waals surface area contributed by atoms with Gasteiger partial charge in [0.1, 0.15) is 5.51 Å². The quantitative estimate of drug-likeness (QED) is 0.735. The van der Waals surface area contributed by atoms with Crippen molar-refractivity contribution in [1.82, 2.24) is 10.2 Å². The number of hydrogen-bond acceptors (Lipinski definition) is 5. The fourth-order valence-corrected chi connectivity index (χ4v) is 2.03. The van der Waals surface area contributed by atoms with Gasteiger partial charge in [0.05, 0.1) is 0 Å². The normalized spacial score (nSPS) is 17.9. The molecule has 0 radical (unpaired) electrons. The number of hydrogen-bond donors (Lipinski definition) is 1. The Morgan fingerprint density at radius 2 is 2.50 bits per heavy atom.